The Balaban J connectivity index is 1.96. The van der Waals surface area contributed by atoms with Crippen LogP contribution >= 0.6 is 0 Å². The van der Waals surface area contributed by atoms with Gasteiger partial charge in [0.15, 0.2) is 0 Å². The van der Waals surface area contributed by atoms with Gasteiger partial charge in [0.2, 0.25) is 5.43 Å². The van der Waals surface area contributed by atoms with Gasteiger partial charge in [-0.3, -0.25) is 4.79 Å². The van der Waals surface area contributed by atoms with E-state index in [9.17, 15) is 10.1 Å². The molecule has 1 unspecified atom stereocenters. The lowest BCUT2D eigenvalue weighted by molar-refractivity contribution is 0.418. The van der Waals surface area contributed by atoms with Gasteiger partial charge in [0.1, 0.15) is 22.5 Å². The highest BCUT2D eigenvalue weighted by Gasteiger charge is 2.30. The van der Waals surface area contributed by atoms with Crippen LogP contribution in [0.4, 0.5) is 0 Å². The zero-order valence-electron chi connectivity index (χ0n) is 16.3. The topological polar surface area (TPSA) is 63.2 Å². The Morgan fingerprint density at radius 3 is 2.50 bits per heavy atom. The van der Waals surface area contributed by atoms with E-state index in [0.717, 1.165) is 16.7 Å². The standard InChI is InChI=1S/C26H17NO3/c1-29-21-12-7-13-22-24(21)25(28)20-14-17(15-27)18-10-5-6-11-19(18)23(26(20)30-22)16-8-3-2-4-9-16/h2-14,23H,1H3. The molecule has 0 amide bonds. The Morgan fingerprint density at radius 2 is 1.73 bits per heavy atom. The van der Waals surface area contributed by atoms with E-state index in [1.807, 2.05) is 54.6 Å². The second-order valence-electron chi connectivity index (χ2n) is 7.14. The molecule has 0 spiro atoms. The summed E-state index contributed by atoms with van der Waals surface area (Å²) in [5.41, 5.74) is 3.80. The monoisotopic (exact) mass is 391 g/mol. The van der Waals surface area contributed by atoms with Crippen molar-refractivity contribution >= 4 is 22.6 Å². The van der Waals surface area contributed by atoms with Crippen molar-refractivity contribution < 1.29 is 9.15 Å². The third-order valence-corrected chi connectivity index (χ3v) is 5.53. The number of nitrogens with zero attached hydrogens (tertiary/aromatic N) is 1. The van der Waals surface area contributed by atoms with Crippen LogP contribution in [0.5, 0.6) is 5.75 Å². The summed E-state index contributed by atoms with van der Waals surface area (Å²) in [6.07, 6.45) is 1.65. The van der Waals surface area contributed by atoms with E-state index in [-0.39, 0.29) is 11.3 Å². The summed E-state index contributed by atoms with van der Waals surface area (Å²) in [5.74, 6) is 0.668. The molecule has 1 aromatic heterocycles. The van der Waals surface area contributed by atoms with Gasteiger partial charge in [-0.2, -0.15) is 5.26 Å². The molecule has 5 rings (SSSR count). The summed E-state index contributed by atoms with van der Waals surface area (Å²) < 4.78 is 11.8. The van der Waals surface area contributed by atoms with Gasteiger partial charge in [0.25, 0.3) is 0 Å². The number of methoxy groups -OCH3 is 1. The van der Waals surface area contributed by atoms with Gasteiger partial charge in [0, 0.05) is 0 Å². The average molecular weight is 391 g/mol. The summed E-state index contributed by atoms with van der Waals surface area (Å²) >= 11 is 0. The zero-order chi connectivity index (χ0) is 20.7. The maximum atomic E-state index is 13.6. The first-order valence-electron chi connectivity index (χ1n) is 9.62. The first-order valence-corrected chi connectivity index (χ1v) is 9.62. The molecule has 0 saturated carbocycles. The van der Waals surface area contributed by atoms with Crippen LogP contribution in [0, 0.1) is 11.3 Å². The predicted molar refractivity (Wildman–Crippen MR) is 116 cm³/mol. The molecule has 1 aliphatic carbocycles. The molecular weight excluding hydrogens is 374 g/mol. The molecule has 144 valence electrons. The van der Waals surface area contributed by atoms with E-state index in [1.165, 1.54) is 7.11 Å². The summed E-state index contributed by atoms with van der Waals surface area (Å²) in [4.78, 5) is 13.6. The van der Waals surface area contributed by atoms with Gasteiger partial charge < -0.3 is 9.15 Å². The number of fused-ring (bicyclic) bond motifs is 3. The van der Waals surface area contributed by atoms with Gasteiger partial charge in [-0.05, 0) is 34.9 Å². The summed E-state index contributed by atoms with van der Waals surface area (Å²) in [6, 6.07) is 25.2. The molecule has 0 N–H and O–H groups in total. The van der Waals surface area contributed by atoms with Crippen LogP contribution in [-0.2, 0) is 0 Å². The quantitative estimate of drug-likeness (QED) is 0.461. The lowest BCUT2D eigenvalue weighted by atomic mass is 9.85. The predicted octanol–water partition coefficient (Wildman–Crippen LogP) is 5.36. The molecule has 1 aliphatic rings. The first-order chi connectivity index (χ1) is 14.7. The van der Waals surface area contributed by atoms with Crippen molar-refractivity contribution in [3.05, 3.63) is 111 Å². The molecule has 3 aromatic carbocycles. The molecule has 4 nitrogen and oxygen atoms in total. The molecule has 0 aliphatic heterocycles. The van der Waals surface area contributed by atoms with Gasteiger partial charge in [-0.25, -0.2) is 0 Å². The summed E-state index contributed by atoms with van der Waals surface area (Å²) in [6.45, 7) is 0. The van der Waals surface area contributed by atoms with Gasteiger partial charge >= 0.3 is 0 Å². The highest BCUT2D eigenvalue weighted by molar-refractivity contribution is 5.95. The Hall–Kier alpha value is -4.10. The Morgan fingerprint density at radius 1 is 0.967 bits per heavy atom. The Bertz CT molecular complexity index is 1410. The van der Waals surface area contributed by atoms with Crippen LogP contribution in [0.2, 0.25) is 0 Å². The lowest BCUT2D eigenvalue weighted by Gasteiger charge is -2.20. The van der Waals surface area contributed by atoms with Crippen LogP contribution in [0.15, 0.2) is 82.0 Å². The van der Waals surface area contributed by atoms with Crippen molar-refractivity contribution in [3.63, 3.8) is 0 Å². The highest BCUT2D eigenvalue weighted by atomic mass is 16.5. The third kappa shape index (κ3) is 2.64. The SMILES string of the molecule is COc1cccc2oc3c(c(=O)c12)C=C(C#N)c1ccccc1C3c1ccccc1. The summed E-state index contributed by atoms with van der Waals surface area (Å²) in [5, 5.41) is 10.3. The molecule has 0 saturated heterocycles. The normalized spacial score (nSPS) is 14.8. The molecule has 0 radical (unpaired) electrons. The second kappa shape index (κ2) is 7.06. The molecule has 1 heterocycles. The van der Waals surface area contributed by atoms with Crippen molar-refractivity contribution in [1.82, 2.24) is 0 Å². The summed E-state index contributed by atoms with van der Waals surface area (Å²) in [7, 11) is 1.53. The second-order valence-corrected chi connectivity index (χ2v) is 7.14. The van der Waals surface area contributed by atoms with Crippen LogP contribution in [0.25, 0.3) is 22.6 Å². The van der Waals surface area contributed by atoms with Crippen molar-refractivity contribution in [2.24, 2.45) is 0 Å². The minimum Gasteiger partial charge on any atom is -0.496 e. The third-order valence-electron chi connectivity index (χ3n) is 5.53. The minimum atomic E-state index is -0.317. The number of rotatable bonds is 2. The van der Waals surface area contributed by atoms with E-state index >= 15 is 0 Å². The molecule has 0 fully saturated rings. The average Bonchev–Trinajstić information content (AvgIpc) is 2.93. The van der Waals surface area contributed by atoms with E-state index in [0.29, 0.717) is 33.6 Å². The number of ether oxygens (including phenoxy) is 1. The number of benzene rings is 3. The van der Waals surface area contributed by atoms with Crippen LogP contribution in [0.3, 0.4) is 0 Å². The zero-order valence-corrected chi connectivity index (χ0v) is 16.3. The van der Waals surface area contributed by atoms with Crippen LogP contribution in [0.1, 0.15) is 33.9 Å². The Labute approximate surface area is 173 Å². The minimum absolute atomic E-state index is 0.204. The van der Waals surface area contributed by atoms with E-state index in [4.69, 9.17) is 9.15 Å². The smallest absolute Gasteiger partial charge is 0.204 e. The molecule has 1 atom stereocenters. The molecule has 30 heavy (non-hydrogen) atoms. The number of nitriles is 1. The number of hydrogen-bond acceptors (Lipinski definition) is 4. The molecule has 0 bridgehead atoms. The fraction of sp³-hybridized carbons (Fsp3) is 0.0769. The Kier molecular flexibility index (Phi) is 4.22. The van der Waals surface area contributed by atoms with E-state index in [1.54, 1.807) is 24.3 Å². The fourth-order valence-electron chi connectivity index (χ4n) is 4.19. The molecule has 4 heteroatoms. The lowest BCUT2D eigenvalue weighted by Crippen LogP contribution is -2.14. The van der Waals surface area contributed by atoms with Gasteiger partial charge in [0.05, 0.1) is 30.2 Å². The van der Waals surface area contributed by atoms with Gasteiger partial charge in [-0.1, -0.05) is 60.7 Å². The largest absolute Gasteiger partial charge is 0.496 e. The van der Waals surface area contributed by atoms with Crippen molar-refractivity contribution in [1.29, 1.82) is 5.26 Å². The van der Waals surface area contributed by atoms with Crippen molar-refractivity contribution in [2.75, 3.05) is 7.11 Å². The highest BCUT2D eigenvalue weighted by Crippen LogP contribution is 2.42. The van der Waals surface area contributed by atoms with E-state index < -0.39 is 0 Å². The van der Waals surface area contributed by atoms with Crippen LogP contribution < -0.4 is 10.2 Å². The van der Waals surface area contributed by atoms with Crippen LogP contribution in [-0.4, -0.2) is 7.11 Å². The fourth-order valence-corrected chi connectivity index (χ4v) is 4.19. The van der Waals surface area contributed by atoms with Crippen molar-refractivity contribution in [3.8, 4) is 11.8 Å². The maximum Gasteiger partial charge on any atom is 0.204 e. The first kappa shape index (κ1) is 18.0. The number of hydrogen-bond donors (Lipinski definition) is 0. The van der Waals surface area contributed by atoms with E-state index in [2.05, 4.69) is 6.07 Å². The maximum absolute atomic E-state index is 13.6. The molecule has 4 aromatic rings. The molecular formula is C26H17NO3. The van der Waals surface area contributed by atoms with Crippen molar-refractivity contribution in [2.45, 2.75) is 5.92 Å². The van der Waals surface area contributed by atoms with Gasteiger partial charge in [-0.15, -0.1) is 0 Å². The number of allylic oxidation sites excluding steroid dienone is 1.